The summed E-state index contributed by atoms with van der Waals surface area (Å²) < 4.78 is 69.6. The molecule has 0 aromatic heterocycles. The Balaban J connectivity index is 2.26. The summed E-state index contributed by atoms with van der Waals surface area (Å²) in [6, 6.07) is 3.68. The number of nitrogens with zero attached hydrogens (tertiary/aromatic N) is 2. The second-order valence-corrected chi connectivity index (χ2v) is 7.76. The number of esters is 1. The number of amides is 1. The number of ether oxygens (including phenoxy) is 1. The zero-order valence-electron chi connectivity index (χ0n) is 15.3. The van der Waals surface area contributed by atoms with Crippen molar-refractivity contribution in [2.24, 2.45) is 0 Å². The molecule has 1 aliphatic rings. The molecular weight excluding hydrogens is 421 g/mol. The van der Waals surface area contributed by atoms with Crippen LogP contribution in [0.5, 0.6) is 5.75 Å². The maximum atomic E-state index is 12.7. The van der Waals surface area contributed by atoms with Gasteiger partial charge in [-0.2, -0.15) is 21.6 Å². The number of benzene rings is 1. The smallest absolute Gasteiger partial charge is 0.469 e. The van der Waals surface area contributed by atoms with E-state index in [4.69, 9.17) is 5.11 Å². The lowest BCUT2D eigenvalue weighted by Crippen LogP contribution is -2.47. The zero-order chi connectivity index (χ0) is 21.8. The molecular formula is C16H19F3N2O7S. The molecule has 9 nitrogen and oxygen atoms in total. The quantitative estimate of drug-likeness (QED) is 0.402. The highest BCUT2D eigenvalue weighted by Gasteiger charge is 2.48. The second-order valence-electron chi connectivity index (χ2n) is 6.22. The van der Waals surface area contributed by atoms with Crippen LogP contribution in [-0.2, 0) is 32.6 Å². The molecule has 29 heavy (non-hydrogen) atoms. The van der Waals surface area contributed by atoms with Crippen LogP contribution in [0.2, 0.25) is 0 Å². The summed E-state index contributed by atoms with van der Waals surface area (Å²) >= 11 is 0. The van der Waals surface area contributed by atoms with Gasteiger partial charge in [-0.3, -0.25) is 9.69 Å². The number of methoxy groups -OCH3 is 1. The molecule has 0 bridgehead atoms. The summed E-state index contributed by atoms with van der Waals surface area (Å²) in [6.45, 7) is 0.964. The molecule has 1 amide bonds. The second kappa shape index (κ2) is 8.86. The molecule has 0 aliphatic carbocycles. The third-order valence-electron chi connectivity index (χ3n) is 4.22. The van der Waals surface area contributed by atoms with Crippen molar-refractivity contribution in [3.63, 3.8) is 0 Å². The molecule has 1 saturated heterocycles. The van der Waals surface area contributed by atoms with Gasteiger partial charge in [0, 0.05) is 38.3 Å². The molecule has 162 valence electrons. The predicted octanol–water partition coefficient (Wildman–Crippen LogP) is 1.43. The monoisotopic (exact) mass is 440 g/mol. The van der Waals surface area contributed by atoms with Crippen molar-refractivity contribution in [1.82, 2.24) is 9.80 Å². The summed E-state index contributed by atoms with van der Waals surface area (Å²) in [5.74, 6) is -1.10. The molecule has 1 fully saturated rings. The van der Waals surface area contributed by atoms with Crippen molar-refractivity contribution < 1.29 is 45.2 Å². The van der Waals surface area contributed by atoms with Crippen molar-refractivity contribution >= 4 is 22.2 Å². The first-order valence-corrected chi connectivity index (χ1v) is 9.73. The van der Waals surface area contributed by atoms with Crippen molar-refractivity contribution in [3.05, 3.63) is 29.3 Å². The van der Waals surface area contributed by atoms with Crippen molar-refractivity contribution in [2.45, 2.75) is 18.5 Å². The van der Waals surface area contributed by atoms with Gasteiger partial charge in [0.25, 0.3) is 0 Å². The topological polar surface area (TPSA) is 113 Å². The minimum Gasteiger partial charge on any atom is -0.469 e. The van der Waals surface area contributed by atoms with E-state index < -0.39 is 33.4 Å². The number of rotatable bonds is 6. The molecule has 13 heteroatoms. The van der Waals surface area contributed by atoms with Crippen molar-refractivity contribution in [1.29, 1.82) is 0 Å². The fourth-order valence-corrected chi connectivity index (χ4v) is 3.18. The third kappa shape index (κ3) is 5.97. The van der Waals surface area contributed by atoms with Crippen LogP contribution in [0.3, 0.4) is 0 Å². The Labute approximate surface area is 164 Å². The number of hydrogen-bond donors (Lipinski definition) is 1. The standard InChI is InChI=1S/C16H19F3N2O7S/c1-27-14(22)9-11-2-3-13(28-29(25,26)16(17,18)19)12(8-11)10-20-4-6-21(7-5-20)15(23)24/h2-3,8H,4-7,9-10H2,1H3,(H,23,24). The van der Waals surface area contributed by atoms with Crippen LogP contribution < -0.4 is 4.18 Å². The number of carbonyl (C=O) groups is 2. The average molecular weight is 440 g/mol. The number of carbonyl (C=O) groups excluding carboxylic acids is 1. The Morgan fingerprint density at radius 2 is 1.79 bits per heavy atom. The minimum atomic E-state index is -5.87. The number of hydrogen-bond acceptors (Lipinski definition) is 7. The summed E-state index contributed by atoms with van der Waals surface area (Å²) in [5, 5.41) is 8.98. The predicted molar refractivity (Wildman–Crippen MR) is 92.6 cm³/mol. The molecule has 1 aromatic carbocycles. The maximum absolute atomic E-state index is 12.7. The molecule has 1 aliphatic heterocycles. The van der Waals surface area contributed by atoms with Gasteiger partial charge in [0.2, 0.25) is 0 Å². The number of piperazine rings is 1. The van der Waals surface area contributed by atoms with Gasteiger partial charge in [-0.05, 0) is 11.6 Å². The van der Waals surface area contributed by atoms with E-state index in [1.807, 2.05) is 0 Å². The van der Waals surface area contributed by atoms with Crippen LogP contribution in [0.25, 0.3) is 0 Å². The van der Waals surface area contributed by atoms with Gasteiger partial charge < -0.3 is 18.9 Å². The Kier molecular flexibility index (Phi) is 6.95. The third-order valence-corrected chi connectivity index (χ3v) is 5.19. The van der Waals surface area contributed by atoms with Crippen LogP contribution in [-0.4, -0.2) is 74.2 Å². The van der Waals surface area contributed by atoms with Gasteiger partial charge in [-0.1, -0.05) is 12.1 Å². The normalized spacial score (nSPS) is 15.8. The molecule has 0 saturated carbocycles. The van der Waals surface area contributed by atoms with E-state index in [1.54, 1.807) is 4.90 Å². The van der Waals surface area contributed by atoms with E-state index in [9.17, 15) is 31.2 Å². The molecule has 0 spiro atoms. The first-order chi connectivity index (χ1) is 13.4. The van der Waals surface area contributed by atoms with Gasteiger partial charge >= 0.3 is 27.7 Å². The number of carboxylic acid groups (broad SMARTS) is 1. The van der Waals surface area contributed by atoms with E-state index in [0.29, 0.717) is 18.7 Å². The molecule has 1 N–H and O–H groups in total. The minimum absolute atomic E-state index is 0.00514. The van der Waals surface area contributed by atoms with Crippen LogP contribution in [0.4, 0.5) is 18.0 Å². The lowest BCUT2D eigenvalue weighted by molar-refractivity contribution is -0.139. The molecule has 0 radical (unpaired) electrons. The van der Waals surface area contributed by atoms with E-state index in [0.717, 1.165) is 6.07 Å². The zero-order valence-corrected chi connectivity index (χ0v) is 16.1. The van der Waals surface area contributed by atoms with Gasteiger partial charge in [-0.15, -0.1) is 0 Å². The lowest BCUT2D eigenvalue weighted by Gasteiger charge is -2.33. The van der Waals surface area contributed by atoms with Crippen LogP contribution in [0.15, 0.2) is 18.2 Å². The maximum Gasteiger partial charge on any atom is 0.534 e. The highest BCUT2D eigenvalue weighted by atomic mass is 32.2. The van der Waals surface area contributed by atoms with Gasteiger partial charge in [0.15, 0.2) is 0 Å². The van der Waals surface area contributed by atoms with Crippen molar-refractivity contribution in [3.8, 4) is 5.75 Å². The summed E-state index contributed by atoms with van der Waals surface area (Å²) in [6.07, 6.45) is -1.24. The van der Waals surface area contributed by atoms with E-state index in [-0.39, 0.29) is 31.6 Å². The van der Waals surface area contributed by atoms with E-state index >= 15 is 0 Å². The van der Waals surface area contributed by atoms with E-state index in [1.165, 1.54) is 24.1 Å². The highest BCUT2D eigenvalue weighted by molar-refractivity contribution is 7.88. The fourth-order valence-electron chi connectivity index (χ4n) is 2.69. The van der Waals surface area contributed by atoms with Gasteiger partial charge in [-0.25, -0.2) is 4.79 Å². The lowest BCUT2D eigenvalue weighted by atomic mass is 10.1. The van der Waals surface area contributed by atoms with Crippen LogP contribution in [0, 0.1) is 0 Å². The largest absolute Gasteiger partial charge is 0.534 e. The summed E-state index contributed by atoms with van der Waals surface area (Å²) in [7, 11) is -4.69. The van der Waals surface area contributed by atoms with Gasteiger partial charge in [0.05, 0.1) is 13.5 Å². The number of halogens is 3. The summed E-state index contributed by atoms with van der Waals surface area (Å²) in [5.41, 5.74) is -5.09. The first kappa shape index (κ1) is 22.7. The van der Waals surface area contributed by atoms with E-state index in [2.05, 4.69) is 8.92 Å². The van der Waals surface area contributed by atoms with Crippen LogP contribution in [0.1, 0.15) is 11.1 Å². The fraction of sp³-hybridized carbons (Fsp3) is 0.500. The Morgan fingerprint density at radius 3 is 2.31 bits per heavy atom. The van der Waals surface area contributed by atoms with Crippen LogP contribution >= 0.6 is 0 Å². The molecule has 1 aromatic rings. The average Bonchev–Trinajstić information content (AvgIpc) is 2.63. The summed E-state index contributed by atoms with van der Waals surface area (Å²) in [4.78, 5) is 25.4. The Bertz CT molecular complexity index is 866. The highest BCUT2D eigenvalue weighted by Crippen LogP contribution is 2.30. The Morgan fingerprint density at radius 1 is 1.17 bits per heavy atom. The van der Waals surface area contributed by atoms with Crippen molar-refractivity contribution in [2.75, 3.05) is 33.3 Å². The molecule has 0 unspecified atom stereocenters. The molecule has 0 atom stereocenters. The first-order valence-electron chi connectivity index (χ1n) is 8.32. The van der Waals surface area contributed by atoms with Gasteiger partial charge in [0.1, 0.15) is 5.75 Å². The molecule has 1 heterocycles. The molecule has 2 rings (SSSR count). The Hall–Kier alpha value is -2.54. The number of alkyl halides is 3. The SMILES string of the molecule is COC(=O)Cc1ccc(OS(=O)(=O)C(F)(F)F)c(CN2CCN(C(=O)O)CC2)c1.